The predicted octanol–water partition coefficient (Wildman–Crippen LogP) is 5.20. The number of nitrogens with one attached hydrogen (secondary N) is 2. The summed E-state index contributed by atoms with van der Waals surface area (Å²) in [6, 6.07) is 6.53. The largest absolute Gasteiger partial charge is 0.435 e. The Morgan fingerprint density at radius 3 is 2.47 bits per heavy atom. The van der Waals surface area contributed by atoms with Gasteiger partial charge in [0, 0.05) is 37.2 Å². The Balaban J connectivity index is 1.29. The van der Waals surface area contributed by atoms with E-state index in [1.54, 1.807) is 0 Å². The van der Waals surface area contributed by atoms with Gasteiger partial charge in [0.05, 0.1) is 33.9 Å². The van der Waals surface area contributed by atoms with Crippen LogP contribution in [-0.2, 0) is 46.9 Å². The molecule has 2 aliphatic rings. The van der Waals surface area contributed by atoms with Crippen molar-refractivity contribution in [3.63, 3.8) is 0 Å². The van der Waals surface area contributed by atoms with Crippen LogP contribution >= 0.6 is 11.6 Å². The van der Waals surface area contributed by atoms with Crippen molar-refractivity contribution in [2.45, 2.75) is 43.4 Å². The van der Waals surface area contributed by atoms with Gasteiger partial charge in [-0.1, -0.05) is 11.6 Å². The lowest BCUT2D eigenvalue weighted by Crippen LogP contribution is -2.38. The maximum atomic E-state index is 15.3. The summed E-state index contributed by atoms with van der Waals surface area (Å²) in [5.41, 5.74) is -3.95. The number of rotatable bonds is 9. The number of hydrogen-bond donors (Lipinski definition) is 2. The van der Waals surface area contributed by atoms with Gasteiger partial charge in [-0.2, -0.15) is 37.2 Å². The van der Waals surface area contributed by atoms with Gasteiger partial charge in [-0.15, -0.1) is 0 Å². The minimum absolute atomic E-state index is 0.00189. The normalized spacial score (nSPS) is 18.1. The standard InChI is InChI=1S/C33H25ClF7N9O4S/c1-47-26-21(6-5-19(34)25(26)29(44-47)46-55(2,53)54)50-30(45-48-7-3-4-22(48)31(50)52)20(10-14-8-15(35)11-16(36)9-14)42-23(51)13-49-28-24(27(43-49)33(39,40)41)17-12-18(17)32(28,37)38/h3-9,11,17-18,20H,10,12-13H2,1-2H3,(H,42,51)(H,44,46)/t17-,18+,20-/m0/s1. The third-order valence-electron chi connectivity index (χ3n) is 9.53. The molecule has 8 rings (SSSR count). The van der Waals surface area contributed by atoms with Crippen LogP contribution in [0, 0.1) is 17.6 Å². The van der Waals surface area contributed by atoms with Crippen molar-refractivity contribution in [3.8, 4) is 5.69 Å². The van der Waals surface area contributed by atoms with E-state index in [4.69, 9.17) is 11.6 Å². The van der Waals surface area contributed by atoms with Crippen LogP contribution in [0.5, 0.6) is 0 Å². The summed E-state index contributed by atoms with van der Waals surface area (Å²) < 4.78 is 132. The fourth-order valence-corrected chi connectivity index (χ4v) is 8.12. The van der Waals surface area contributed by atoms with Crippen LogP contribution in [-0.4, -0.2) is 54.3 Å². The van der Waals surface area contributed by atoms with E-state index < -0.39 is 93.0 Å². The molecule has 1 fully saturated rings. The summed E-state index contributed by atoms with van der Waals surface area (Å²) >= 11 is 6.51. The molecule has 0 unspecified atom stereocenters. The number of aryl methyl sites for hydroxylation is 1. The lowest BCUT2D eigenvalue weighted by molar-refractivity contribution is -0.142. The Labute approximate surface area is 309 Å². The number of fused-ring (bicyclic) bond motifs is 5. The Bertz CT molecular complexity index is 2760. The molecule has 0 bridgehead atoms. The Morgan fingerprint density at radius 2 is 1.80 bits per heavy atom. The molecule has 1 saturated carbocycles. The third-order valence-corrected chi connectivity index (χ3v) is 10.4. The van der Waals surface area contributed by atoms with Crippen molar-refractivity contribution in [2.75, 3.05) is 11.0 Å². The molecule has 2 N–H and O–H groups in total. The number of aromatic nitrogens is 7. The van der Waals surface area contributed by atoms with E-state index >= 15 is 8.78 Å². The average Bonchev–Trinajstić information content (AvgIpc) is 3.28. The molecule has 0 aliphatic heterocycles. The van der Waals surface area contributed by atoms with Crippen molar-refractivity contribution in [3.05, 3.63) is 104 Å². The van der Waals surface area contributed by atoms with Crippen LogP contribution < -0.4 is 15.6 Å². The fourth-order valence-electron chi connectivity index (χ4n) is 7.39. The number of hydrogen-bond acceptors (Lipinski definition) is 7. The zero-order chi connectivity index (χ0) is 39.5. The molecule has 4 aromatic heterocycles. The van der Waals surface area contributed by atoms with E-state index in [1.807, 2.05) is 0 Å². The fraction of sp³-hybridized carbons (Fsp3) is 0.303. The van der Waals surface area contributed by atoms with E-state index in [2.05, 4.69) is 25.3 Å². The zero-order valence-electron chi connectivity index (χ0n) is 28.2. The molecular formula is C33H25ClF7N9O4S. The van der Waals surface area contributed by atoms with Crippen molar-refractivity contribution in [1.29, 1.82) is 0 Å². The highest BCUT2D eigenvalue weighted by Crippen LogP contribution is 2.68. The van der Waals surface area contributed by atoms with Crippen LogP contribution in [0.1, 0.15) is 46.7 Å². The van der Waals surface area contributed by atoms with Crippen molar-refractivity contribution in [2.24, 2.45) is 13.0 Å². The van der Waals surface area contributed by atoms with Gasteiger partial charge in [-0.3, -0.25) is 28.2 Å². The second-order valence-electron chi connectivity index (χ2n) is 13.4. The van der Waals surface area contributed by atoms with Gasteiger partial charge < -0.3 is 5.32 Å². The molecular weight excluding hydrogens is 787 g/mol. The van der Waals surface area contributed by atoms with E-state index in [9.17, 15) is 40.0 Å². The monoisotopic (exact) mass is 811 g/mol. The number of alkyl halides is 5. The summed E-state index contributed by atoms with van der Waals surface area (Å²) in [4.78, 5) is 28.2. The molecule has 1 amide bonds. The first-order valence-electron chi connectivity index (χ1n) is 16.3. The van der Waals surface area contributed by atoms with E-state index in [0.29, 0.717) is 10.7 Å². The topological polar surface area (TPSA) is 150 Å². The van der Waals surface area contributed by atoms with Crippen LogP contribution in [0.2, 0.25) is 5.02 Å². The Morgan fingerprint density at radius 1 is 1.09 bits per heavy atom. The van der Waals surface area contributed by atoms with Gasteiger partial charge >= 0.3 is 6.18 Å². The molecule has 0 saturated heterocycles. The number of halogens is 8. The summed E-state index contributed by atoms with van der Waals surface area (Å²) in [7, 11) is -2.47. The molecule has 2 aromatic carbocycles. The van der Waals surface area contributed by atoms with Gasteiger partial charge in [-0.25, -0.2) is 21.7 Å². The van der Waals surface area contributed by atoms with Gasteiger partial charge in [-0.05, 0) is 54.3 Å². The lowest BCUT2D eigenvalue weighted by Gasteiger charge is -2.23. The van der Waals surface area contributed by atoms with Gasteiger partial charge in [0.1, 0.15) is 29.4 Å². The molecule has 0 radical (unpaired) electrons. The molecule has 22 heteroatoms. The predicted molar refractivity (Wildman–Crippen MR) is 181 cm³/mol. The molecule has 2 aliphatic carbocycles. The van der Waals surface area contributed by atoms with Crippen LogP contribution in [0.15, 0.2) is 53.5 Å². The van der Waals surface area contributed by atoms with Crippen molar-refractivity contribution in [1.82, 2.24) is 39.1 Å². The molecule has 4 heterocycles. The summed E-state index contributed by atoms with van der Waals surface area (Å²) in [6.07, 6.45) is -3.49. The molecule has 13 nitrogen and oxygen atoms in total. The third kappa shape index (κ3) is 6.18. The minimum atomic E-state index is -5.10. The first-order chi connectivity index (χ1) is 25.7. The van der Waals surface area contributed by atoms with Crippen LogP contribution in [0.3, 0.4) is 0 Å². The number of amides is 1. The first-order valence-corrected chi connectivity index (χ1v) is 18.5. The number of benzene rings is 2. The molecule has 0 spiro atoms. The summed E-state index contributed by atoms with van der Waals surface area (Å²) in [6.45, 7) is -1.13. The van der Waals surface area contributed by atoms with Gasteiger partial charge in [0.2, 0.25) is 15.9 Å². The highest BCUT2D eigenvalue weighted by atomic mass is 35.5. The van der Waals surface area contributed by atoms with E-state index in [0.717, 1.165) is 27.5 Å². The van der Waals surface area contributed by atoms with Crippen LogP contribution in [0.4, 0.5) is 36.6 Å². The summed E-state index contributed by atoms with van der Waals surface area (Å²) in [5, 5.41) is 14.8. The number of sulfonamides is 1. The average molecular weight is 812 g/mol. The quantitative estimate of drug-likeness (QED) is 0.191. The number of nitrogens with zero attached hydrogens (tertiary/aromatic N) is 7. The number of carbonyl (C=O) groups excluding carboxylic acids is 1. The van der Waals surface area contributed by atoms with Crippen molar-refractivity contribution < 1.29 is 43.9 Å². The van der Waals surface area contributed by atoms with Gasteiger partial charge in [0.25, 0.3) is 11.5 Å². The zero-order valence-corrected chi connectivity index (χ0v) is 29.7. The van der Waals surface area contributed by atoms with E-state index in [1.165, 1.54) is 42.2 Å². The molecule has 3 atom stereocenters. The van der Waals surface area contributed by atoms with Crippen molar-refractivity contribution >= 4 is 49.8 Å². The highest BCUT2D eigenvalue weighted by Gasteiger charge is 2.68. The second-order valence-corrected chi connectivity index (χ2v) is 15.6. The Kier molecular flexibility index (Phi) is 8.16. The highest BCUT2D eigenvalue weighted by molar-refractivity contribution is 7.92. The Hall–Kier alpha value is -5.44. The minimum Gasteiger partial charge on any atom is -0.344 e. The molecule has 288 valence electrons. The maximum absolute atomic E-state index is 15.3. The lowest BCUT2D eigenvalue weighted by atomic mass is 10.0. The smallest absolute Gasteiger partial charge is 0.344 e. The summed E-state index contributed by atoms with van der Waals surface area (Å²) in [5.74, 6) is -9.80. The van der Waals surface area contributed by atoms with E-state index in [-0.39, 0.29) is 50.8 Å². The maximum Gasteiger partial charge on any atom is 0.435 e. The molecule has 55 heavy (non-hydrogen) atoms. The SMILES string of the molecule is Cn1nc(NS(C)(=O)=O)c2c(Cl)ccc(-n3c([C@H](Cc4cc(F)cc(F)c4)NC(=O)Cn4nc(C(F)(F)F)c5c4C(F)(F)[C@@H]4C[C@H]54)nn4cccc4c3=O)c21. The van der Waals surface area contributed by atoms with Crippen LogP contribution in [0.25, 0.3) is 22.1 Å². The first kappa shape index (κ1) is 36.5. The molecule has 6 aromatic rings. The number of carbonyl (C=O) groups is 1. The van der Waals surface area contributed by atoms with Gasteiger partial charge in [0.15, 0.2) is 17.3 Å². The number of anilines is 1. The second kappa shape index (κ2) is 12.3.